The zero-order valence-electron chi connectivity index (χ0n) is 9.33. The molecule has 1 N–H and O–H groups in total. The van der Waals surface area contributed by atoms with Crippen molar-refractivity contribution in [2.75, 3.05) is 7.05 Å². The van der Waals surface area contributed by atoms with Gasteiger partial charge in [0.2, 0.25) is 0 Å². The van der Waals surface area contributed by atoms with Crippen LogP contribution in [-0.2, 0) is 0 Å². The number of rotatable bonds is 2. The molecule has 1 saturated carbocycles. The van der Waals surface area contributed by atoms with E-state index in [9.17, 15) is 5.11 Å². The second kappa shape index (κ2) is 4.43. The maximum Gasteiger partial charge on any atom is 0.0555 e. The minimum absolute atomic E-state index is 0.0672. The Morgan fingerprint density at radius 1 is 1.31 bits per heavy atom. The molecule has 78 valence electrons. The molecule has 0 spiro atoms. The zero-order valence-corrected chi connectivity index (χ0v) is 9.33. The molecule has 0 heterocycles. The molecule has 13 heavy (non-hydrogen) atoms. The summed E-state index contributed by atoms with van der Waals surface area (Å²) < 4.78 is 0. The fourth-order valence-electron chi connectivity index (χ4n) is 2.23. The van der Waals surface area contributed by atoms with Gasteiger partial charge in [0.15, 0.2) is 0 Å². The highest BCUT2D eigenvalue weighted by atomic mass is 16.3. The van der Waals surface area contributed by atoms with Crippen LogP contribution in [0.15, 0.2) is 0 Å². The Hall–Kier alpha value is -0.0800. The van der Waals surface area contributed by atoms with E-state index in [0.717, 1.165) is 18.8 Å². The molecule has 3 unspecified atom stereocenters. The Morgan fingerprint density at radius 3 is 2.46 bits per heavy atom. The van der Waals surface area contributed by atoms with Crippen molar-refractivity contribution in [1.29, 1.82) is 0 Å². The van der Waals surface area contributed by atoms with E-state index in [0.29, 0.717) is 12.1 Å². The van der Waals surface area contributed by atoms with Gasteiger partial charge in [-0.3, -0.25) is 0 Å². The molecule has 2 nitrogen and oxygen atoms in total. The van der Waals surface area contributed by atoms with Gasteiger partial charge in [0.05, 0.1) is 6.10 Å². The van der Waals surface area contributed by atoms with Crippen LogP contribution in [0.1, 0.15) is 40.0 Å². The van der Waals surface area contributed by atoms with E-state index in [2.05, 4.69) is 32.7 Å². The minimum Gasteiger partial charge on any atom is -0.393 e. The number of nitrogens with zero attached hydrogens (tertiary/aromatic N) is 1. The summed E-state index contributed by atoms with van der Waals surface area (Å²) in [6, 6.07) is 1.15. The lowest BCUT2D eigenvalue weighted by Crippen LogP contribution is -2.45. The fraction of sp³-hybridized carbons (Fsp3) is 1.00. The Kier molecular flexibility index (Phi) is 3.74. The van der Waals surface area contributed by atoms with E-state index in [4.69, 9.17) is 0 Å². The van der Waals surface area contributed by atoms with Gasteiger partial charge in [0, 0.05) is 12.1 Å². The van der Waals surface area contributed by atoms with Crippen LogP contribution in [0.2, 0.25) is 0 Å². The smallest absolute Gasteiger partial charge is 0.0555 e. The molecular formula is C11H23NO. The highest BCUT2D eigenvalue weighted by Crippen LogP contribution is 2.28. The van der Waals surface area contributed by atoms with Gasteiger partial charge in [0.1, 0.15) is 0 Å². The molecule has 1 fully saturated rings. The van der Waals surface area contributed by atoms with E-state index in [-0.39, 0.29) is 6.10 Å². The molecule has 0 aliphatic heterocycles. The monoisotopic (exact) mass is 185 g/mol. The molecule has 2 heteroatoms. The molecule has 0 bridgehead atoms. The first-order chi connectivity index (χ1) is 6.02. The van der Waals surface area contributed by atoms with Crippen molar-refractivity contribution < 1.29 is 5.11 Å². The van der Waals surface area contributed by atoms with E-state index in [1.807, 2.05) is 0 Å². The summed E-state index contributed by atoms with van der Waals surface area (Å²) in [5, 5.41) is 9.60. The molecule has 0 aromatic heterocycles. The quantitative estimate of drug-likeness (QED) is 0.710. The third-order valence-corrected chi connectivity index (χ3v) is 3.46. The van der Waals surface area contributed by atoms with Crippen LogP contribution in [0.4, 0.5) is 0 Å². The van der Waals surface area contributed by atoms with Crippen molar-refractivity contribution >= 4 is 0 Å². The van der Waals surface area contributed by atoms with Gasteiger partial charge in [-0.2, -0.15) is 0 Å². The SMILES string of the molecule is CC1CCC(O)CC1N(C)C(C)C. The van der Waals surface area contributed by atoms with E-state index in [1.165, 1.54) is 6.42 Å². The van der Waals surface area contributed by atoms with Crippen LogP contribution in [0.25, 0.3) is 0 Å². The molecule has 1 rings (SSSR count). The molecule has 0 aromatic rings. The lowest BCUT2D eigenvalue weighted by molar-refractivity contribution is 0.0317. The summed E-state index contributed by atoms with van der Waals surface area (Å²) in [5.41, 5.74) is 0. The highest BCUT2D eigenvalue weighted by molar-refractivity contribution is 4.84. The van der Waals surface area contributed by atoms with Gasteiger partial charge in [-0.05, 0) is 46.1 Å². The first-order valence-electron chi connectivity index (χ1n) is 5.42. The topological polar surface area (TPSA) is 23.5 Å². The Bertz CT molecular complexity index is 158. The summed E-state index contributed by atoms with van der Waals surface area (Å²) in [6.45, 7) is 6.73. The average Bonchev–Trinajstić information content (AvgIpc) is 2.08. The maximum absolute atomic E-state index is 9.60. The summed E-state index contributed by atoms with van der Waals surface area (Å²) >= 11 is 0. The zero-order chi connectivity index (χ0) is 10.0. The standard InChI is InChI=1S/C11H23NO/c1-8(2)12(4)11-7-10(13)6-5-9(11)3/h8-11,13H,5-7H2,1-4H3. The molecule has 0 radical (unpaired) electrons. The first-order valence-corrected chi connectivity index (χ1v) is 5.42. The molecule has 1 aliphatic rings. The van der Waals surface area contributed by atoms with Gasteiger partial charge in [0.25, 0.3) is 0 Å². The van der Waals surface area contributed by atoms with Crippen LogP contribution < -0.4 is 0 Å². The van der Waals surface area contributed by atoms with Crippen molar-refractivity contribution in [2.45, 2.75) is 58.2 Å². The van der Waals surface area contributed by atoms with E-state index >= 15 is 0 Å². The Balaban J connectivity index is 2.54. The van der Waals surface area contributed by atoms with Crippen LogP contribution in [-0.4, -0.2) is 35.2 Å². The van der Waals surface area contributed by atoms with Crippen LogP contribution in [0, 0.1) is 5.92 Å². The van der Waals surface area contributed by atoms with Crippen molar-refractivity contribution in [2.24, 2.45) is 5.92 Å². The van der Waals surface area contributed by atoms with Crippen molar-refractivity contribution in [3.05, 3.63) is 0 Å². The lowest BCUT2D eigenvalue weighted by Gasteiger charge is -2.40. The fourth-order valence-corrected chi connectivity index (χ4v) is 2.23. The molecule has 0 amide bonds. The minimum atomic E-state index is -0.0672. The number of hydrogen-bond donors (Lipinski definition) is 1. The molecule has 1 aliphatic carbocycles. The summed E-state index contributed by atoms with van der Waals surface area (Å²) in [6.07, 6.45) is 3.05. The average molecular weight is 185 g/mol. The van der Waals surface area contributed by atoms with Gasteiger partial charge in [-0.25, -0.2) is 0 Å². The van der Waals surface area contributed by atoms with Crippen LogP contribution in [0.3, 0.4) is 0 Å². The summed E-state index contributed by atoms with van der Waals surface area (Å²) in [5.74, 6) is 0.732. The summed E-state index contributed by atoms with van der Waals surface area (Å²) in [4.78, 5) is 2.40. The molecule has 3 atom stereocenters. The highest BCUT2D eigenvalue weighted by Gasteiger charge is 2.30. The van der Waals surface area contributed by atoms with Crippen LogP contribution in [0.5, 0.6) is 0 Å². The summed E-state index contributed by atoms with van der Waals surface area (Å²) in [7, 11) is 2.17. The van der Waals surface area contributed by atoms with Gasteiger partial charge >= 0.3 is 0 Å². The van der Waals surface area contributed by atoms with Gasteiger partial charge in [-0.1, -0.05) is 6.92 Å². The van der Waals surface area contributed by atoms with E-state index < -0.39 is 0 Å². The molecule has 0 saturated heterocycles. The third kappa shape index (κ3) is 2.68. The molecule has 0 aromatic carbocycles. The predicted molar refractivity (Wildman–Crippen MR) is 55.7 cm³/mol. The van der Waals surface area contributed by atoms with Crippen molar-refractivity contribution in [3.63, 3.8) is 0 Å². The van der Waals surface area contributed by atoms with Gasteiger partial charge < -0.3 is 10.0 Å². The second-order valence-corrected chi connectivity index (χ2v) is 4.77. The van der Waals surface area contributed by atoms with Crippen LogP contribution >= 0.6 is 0 Å². The predicted octanol–water partition coefficient (Wildman–Crippen LogP) is 1.88. The van der Waals surface area contributed by atoms with Crippen molar-refractivity contribution in [3.8, 4) is 0 Å². The van der Waals surface area contributed by atoms with Gasteiger partial charge in [-0.15, -0.1) is 0 Å². The second-order valence-electron chi connectivity index (χ2n) is 4.77. The van der Waals surface area contributed by atoms with E-state index in [1.54, 1.807) is 0 Å². The number of aliphatic hydroxyl groups excluding tert-OH is 1. The molecular weight excluding hydrogens is 162 g/mol. The first kappa shape index (κ1) is 11.0. The van der Waals surface area contributed by atoms with Crippen molar-refractivity contribution in [1.82, 2.24) is 4.90 Å². The Labute approximate surface area is 81.9 Å². The normalized spacial score (nSPS) is 35.8. The number of hydrogen-bond acceptors (Lipinski definition) is 2. The number of aliphatic hydroxyl groups is 1. The maximum atomic E-state index is 9.60. The third-order valence-electron chi connectivity index (χ3n) is 3.46. The largest absolute Gasteiger partial charge is 0.393 e. The lowest BCUT2D eigenvalue weighted by atomic mass is 9.83. The Morgan fingerprint density at radius 2 is 1.92 bits per heavy atom.